The average Bonchev–Trinajstić information content (AvgIpc) is 2.23. The van der Waals surface area contributed by atoms with Crippen molar-refractivity contribution in [3.8, 4) is 0 Å². The molecule has 2 bridgehead atoms. The van der Waals surface area contributed by atoms with Crippen molar-refractivity contribution in [1.82, 2.24) is 0 Å². The van der Waals surface area contributed by atoms with E-state index in [0.717, 1.165) is 19.3 Å². The van der Waals surface area contributed by atoms with Gasteiger partial charge in [0, 0.05) is 0 Å². The Kier molecular flexibility index (Phi) is 2.11. The largest absolute Gasteiger partial charge is 0.374 e. The van der Waals surface area contributed by atoms with E-state index in [1.807, 2.05) is 0 Å². The quantitative estimate of drug-likeness (QED) is 0.641. The molecule has 2 unspecified atom stereocenters. The highest BCUT2D eigenvalue weighted by atomic mass is 32.3. The van der Waals surface area contributed by atoms with Crippen LogP contribution in [0.1, 0.15) is 25.7 Å². The zero-order chi connectivity index (χ0) is 9.53. The van der Waals surface area contributed by atoms with Gasteiger partial charge in [0.1, 0.15) is 5.75 Å². The summed E-state index contributed by atoms with van der Waals surface area (Å²) < 4.78 is 39.0. The Labute approximate surface area is 77.5 Å². The van der Waals surface area contributed by atoms with Gasteiger partial charge in [-0.25, -0.2) is 0 Å². The molecule has 2 aliphatic rings. The van der Waals surface area contributed by atoms with Crippen LogP contribution in [-0.2, 0) is 15.0 Å². The molecule has 0 aromatic carbocycles. The summed E-state index contributed by atoms with van der Waals surface area (Å²) in [5.74, 6) is 0.00625. The normalized spacial score (nSPS) is 39.3. The highest BCUT2D eigenvalue weighted by Crippen LogP contribution is 2.42. The molecular weight excluding hydrogens is 195 g/mol. The first kappa shape index (κ1) is 9.40. The minimum absolute atomic E-state index is 0.448. The van der Waals surface area contributed by atoms with Gasteiger partial charge in [0.05, 0.1) is 12.2 Å². The first-order valence-electron chi connectivity index (χ1n) is 4.55. The molecule has 1 aliphatic carbocycles. The number of ether oxygens (including phenoxy) is 1. The standard InChI is InChI=1S/C8H13FO3S/c9-13(10,11)6-8-3-1-2-7(4-8)5-12-8/h7H,1-6H2. The van der Waals surface area contributed by atoms with E-state index in [0.29, 0.717) is 18.9 Å². The van der Waals surface area contributed by atoms with Crippen LogP contribution in [-0.4, -0.2) is 26.4 Å². The van der Waals surface area contributed by atoms with Gasteiger partial charge in [-0.2, -0.15) is 8.42 Å². The smallest absolute Gasteiger partial charge is 0.305 e. The summed E-state index contributed by atoms with van der Waals surface area (Å²) >= 11 is 0. The van der Waals surface area contributed by atoms with E-state index in [4.69, 9.17) is 4.74 Å². The van der Waals surface area contributed by atoms with Crippen LogP contribution in [0.4, 0.5) is 3.89 Å². The molecule has 76 valence electrons. The van der Waals surface area contributed by atoms with Crippen LogP contribution in [0.2, 0.25) is 0 Å². The van der Waals surface area contributed by atoms with Gasteiger partial charge in [-0.3, -0.25) is 0 Å². The molecule has 1 saturated carbocycles. The first-order chi connectivity index (χ1) is 5.99. The number of hydrogen-bond acceptors (Lipinski definition) is 3. The van der Waals surface area contributed by atoms with Crippen LogP contribution in [0.15, 0.2) is 0 Å². The molecule has 3 nitrogen and oxygen atoms in total. The lowest BCUT2D eigenvalue weighted by Crippen LogP contribution is -2.37. The number of hydrogen-bond donors (Lipinski definition) is 0. The summed E-state index contributed by atoms with van der Waals surface area (Å²) in [5, 5.41) is 0. The fourth-order valence-electron chi connectivity index (χ4n) is 2.50. The van der Waals surface area contributed by atoms with Crippen molar-refractivity contribution in [2.24, 2.45) is 5.92 Å². The highest BCUT2D eigenvalue weighted by Gasteiger charge is 2.46. The Balaban J connectivity index is 2.12. The summed E-state index contributed by atoms with van der Waals surface area (Å²) in [6, 6.07) is 0. The molecule has 0 amide bonds. The maximum atomic E-state index is 12.5. The zero-order valence-electron chi connectivity index (χ0n) is 7.33. The van der Waals surface area contributed by atoms with Gasteiger partial charge in [0.15, 0.2) is 0 Å². The van der Waals surface area contributed by atoms with E-state index in [2.05, 4.69) is 0 Å². The molecule has 1 aliphatic heterocycles. The first-order valence-corrected chi connectivity index (χ1v) is 6.11. The van der Waals surface area contributed by atoms with E-state index in [-0.39, 0.29) is 0 Å². The molecule has 1 saturated heterocycles. The molecule has 5 heteroatoms. The maximum absolute atomic E-state index is 12.5. The lowest BCUT2D eigenvalue weighted by atomic mass is 9.82. The minimum Gasteiger partial charge on any atom is -0.374 e. The second-order valence-corrected chi connectivity index (χ2v) is 5.51. The third-order valence-corrected chi connectivity index (χ3v) is 3.84. The van der Waals surface area contributed by atoms with E-state index in [1.54, 1.807) is 0 Å². The van der Waals surface area contributed by atoms with Gasteiger partial charge >= 0.3 is 10.2 Å². The predicted molar refractivity (Wildman–Crippen MR) is 45.5 cm³/mol. The Hall–Kier alpha value is -0.160. The van der Waals surface area contributed by atoms with Gasteiger partial charge in [-0.15, -0.1) is 3.89 Å². The average molecular weight is 208 g/mol. The number of halogens is 1. The van der Waals surface area contributed by atoms with Gasteiger partial charge in [-0.1, -0.05) is 6.42 Å². The fourth-order valence-corrected chi connectivity index (χ4v) is 3.47. The molecule has 0 aromatic heterocycles. The summed E-state index contributed by atoms with van der Waals surface area (Å²) in [5.41, 5.74) is -0.684. The van der Waals surface area contributed by atoms with Crippen LogP contribution in [0.25, 0.3) is 0 Å². The van der Waals surface area contributed by atoms with Gasteiger partial charge < -0.3 is 4.74 Å². The zero-order valence-corrected chi connectivity index (χ0v) is 8.15. The van der Waals surface area contributed by atoms with Crippen molar-refractivity contribution in [1.29, 1.82) is 0 Å². The van der Waals surface area contributed by atoms with Gasteiger partial charge in [0.25, 0.3) is 0 Å². The summed E-state index contributed by atoms with van der Waals surface area (Å²) in [7, 11) is -4.39. The highest BCUT2D eigenvalue weighted by molar-refractivity contribution is 7.86. The van der Waals surface area contributed by atoms with Crippen LogP contribution in [0.5, 0.6) is 0 Å². The molecule has 0 aromatic rings. The maximum Gasteiger partial charge on any atom is 0.305 e. The third-order valence-electron chi connectivity index (χ3n) is 2.97. The topological polar surface area (TPSA) is 43.4 Å². The van der Waals surface area contributed by atoms with Crippen molar-refractivity contribution in [2.75, 3.05) is 12.4 Å². The van der Waals surface area contributed by atoms with Crippen molar-refractivity contribution >= 4 is 10.2 Å². The van der Waals surface area contributed by atoms with Crippen LogP contribution >= 0.6 is 0 Å². The molecule has 2 rings (SSSR count). The molecule has 13 heavy (non-hydrogen) atoms. The van der Waals surface area contributed by atoms with E-state index >= 15 is 0 Å². The summed E-state index contributed by atoms with van der Waals surface area (Å²) in [4.78, 5) is 0. The van der Waals surface area contributed by atoms with Crippen LogP contribution in [0, 0.1) is 5.92 Å². The summed E-state index contributed by atoms with van der Waals surface area (Å²) in [6.45, 7) is 0.607. The van der Waals surface area contributed by atoms with Gasteiger partial charge in [-0.05, 0) is 25.2 Å². The number of fused-ring (bicyclic) bond motifs is 2. The Morgan fingerprint density at radius 3 is 3.00 bits per heavy atom. The van der Waals surface area contributed by atoms with Crippen molar-refractivity contribution in [3.63, 3.8) is 0 Å². The lowest BCUT2D eigenvalue weighted by Gasteiger charge is -2.29. The summed E-state index contributed by atoms with van der Waals surface area (Å²) in [6.07, 6.45) is 3.46. The Morgan fingerprint density at radius 2 is 2.31 bits per heavy atom. The number of rotatable bonds is 2. The van der Waals surface area contributed by atoms with Crippen LogP contribution < -0.4 is 0 Å². The van der Waals surface area contributed by atoms with E-state index in [9.17, 15) is 12.3 Å². The van der Waals surface area contributed by atoms with Crippen molar-refractivity contribution in [3.05, 3.63) is 0 Å². The lowest BCUT2D eigenvalue weighted by molar-refractivity contribution is 0.0171. The molecule has 0 N–H and O–H groups in total. The molecule has 1 heterocycles. The molecule has 2 fully saturated rings. The van der Waals surface area contributed by atoms with Crippen molar-refractivity contribution in [2.45, 2.75) is 31.3 Å². The third kappa shape index (κ3) is 2.02. The predicted octanol–water partition coefficient (Wildman–Crippen LogP) is 1.24. The SMILES string of the molecule is O=S(=O)(F)CC12CCCC(CO1)C2. The Bertz CT molecular complexity index is 297. The fraction of sp³-hybridized carbons (Fsp3) is 1.00. The minimum atomic E-state index is -4.39. The van der Waals surface area contributed by atoms with Gasteiger partial charge in [0.2, 0.25) is 0 Å². The molecule has 2 atom stereocenters. The van der Waals surface area contributed by atoms with E-state index in [1.165, 1.54) is 0 Å². The van der Waals surface area contributed by atoms with Crippen LogP contribution in [0.3, 0.4) is 0 Å². The monoisotopic (exact) mass is 208 g/mol. The van der Waals surface area contributed by atoms with Crippen molar-refractivity contribution < 1.29 is 17.0 Å². The molecule has 0 radical (unpaired) electrons. The second-order valence-electron chi connectivity index (χ2n) is 4.14. The second kappa shape index (κ2) is 2.92. The molecular formula is C8H13FO3S. The van der Waals surface area contributed by atoms with E-state index < -0.39 is 21.6 Å². The molecule has 0 spiro atoms. The Morgan fingerprint density at radius 1 is 1.54 bits per heavy atom.